The Kier molecular flexibility index (Phi) is 2.16. The number of nitrogens with two attached hydrogens (primary N) is 1. The minimum Gasteiger partial charge on any atom is -0.385 e. The summed E-state index contributed by atoms with van der Waals surface area (Å²) in [5.41, 5.74) is 5.18. The predicted molar refractivity (Wildman–Crippen MR) is 36.1 cm³/mol. The maximum absolute atomic E-state index is 9.04. The molecule has 0 bridgehead atoms. The second kappa shape index (κ2) is 2.91. The lowest BCUT2D eigenvalue weighted by atomic mass is 10.4. The second-order valence-corrected chi connectivity index (χ2v) is 2.55. The molecule has 0 aliphatic heterocycles. The topological polar surface area (TPSA) is 59.1 Å². The van der Waals surface area contributed by atoms with Crippen LogP contribution in [-0.4, -0.2) is 16.6 Å². The Hall–Kier alpha value is -0.450. The van der Waals surface area contributed by atoms with E-state index in [-0.39, 0.29) is 6.54 Å². The summed E-state index contributed by atoms with van der Waals surface area (Å²) in [6, 6.07) is 0. The molecule has 0 spiro atoms. The SMILES string of the molecule is NCC(O)c1nccs1. The summed E-state index contributed by atoms with van der Waals surface area (Å²) >= 11 is 1.41. The lowest BCUT2D eigenvalue weighted by Crippen LogP contribution is -2.10. The van der Waals surface area contributed by atoms with Gasteiger partial charge in [-0.25, -0.2) is 4.98 Å². The quantitative estimate of drug-likeness (QED) is 0.620. The van der Waals surface area contributed by atoms with Crippen LogP contribution in [0.3, 0.4) is 0 Å². The first kappa shape index (κ1) is 6.67. The van der Waals surface area contributed by atoms with Crippen molar-refractivity contribution < 1.29 is 5.11 Å². The number of aliphatic hydroxyl groups excluding tert-OH is 1. The summed E-state index contributed by atoms with van der Waals surface area (Å²) < 4.78 is 0. The van der Waals surface area contributed by atoms with Crippen LogP contribution in [0.2, 0.25) is 0 Å². The van der Waals surface area contributed by atoms with Crippen LogP contribution in [0.1, 0.15) is 11.1 Å². The van der Waals surface area contributed by atoms with Crippen LogP contribution in [0.25, 0.3) is 0 Å². The van der Waals surface area contributed by atoms with E-state index in [0.29, 0.717) is 5.01 Å². The van der Waals surface area contributed by atoms with E-state index in [2.05, 4.69) is 4.98 Å². The van der Waals surface area contributed by atoms with Crippen LogP contribution in [0.15, 0.2) is 11.6 Å². The Balaban J connectivity index is 2.65. The molecule has 1 rings (SSSR count). The van der Waals surface area contributed by atoms with E-state index in [1.165, 1.54) is 11.3 Å². The van der Waals surface area contributed by atoms with E-state index in [4.69, 9.17) is 10.8 Å². The average Bonchev–Trinajstić information content (AvgIpc) is 2.37. The molecule has 0 aliphatic carbocycles. The van der Waals surface area contributed by atoms with Gasteiger partial charge in [0.15, 0.2) is 0 Å². The maximum Gasteiger partial charge on any atom is 0.122 e. The van der Waals surface area contributed by atoms with Gasteiger partial charge < -0.3 is 10.8 Å². The Morgan fingerprint density at radius 3 is 3.11 bits per heavy atom. The highest BCUT2D eigenvalue weighted by atomic mass is 32.1. The molecule has 0 saturated heterocycles. The number of hydrogen-bond acceptors (Lipinski definition) is 4. The number of rotatable bonds is 2. The normalized spacial score (nSPS) is 13.6. The maximum atomic E-state index is 9.04. The molecule has 9 heavy (non-hydrogen) atoms. The Labute approximate surface area is 57.2 Å². The highest BCUT2D eigenvalue weighted by molar-refractivity contribution is 7.09. The number of aromatic nitrogens is 1. The van der Waals surface area contributed by atoms with Crippen molar-refractivity contribution in [3.63, 3.8) is 0 Å². The molecule has 3 N–H and O–H groups in total. The van der Waals surface area contributed by atoms with Crippen molar-refractivity contribution in [2.45, 2.75) is 6.10 Å². The smallest absolute Gasteiger partial charge is 0.122 e. The first-order valence-electron chi connectivity index (χ1n) is 2.62. The minimum atomic E-state index is -0.579. The first-order chi connectivity index (χ1) is 4.34. The highest BCUT2D eigenvalue weighted by Gasteiger charge is 2.05. The van der Waals surface area contributed by atoms with Crippen LogP contribution in [0.4, 0.5) is 0 Å². The van der Waals surface area contributed by atoms with Gasteiger partial charge in [-0.2, -0.15) is 0 Å². The Bertz CT molecular complexity index is 163. The van der Waals surface area contributed by atoms with Crippen LogP contribution < -0.4 is 5.73 Å². The molecule has 0 aromatic carbocycles. The zero-order valence-corrected chi connectivity index (χ0v) is 5.64. The third kappa shape index (κ3) is 1.48. The van der Waals surface area contributed by atoms with Crippen molar-refractivity contribution in [2.75, 3.05) is 6.54 Å². The summed E-state index contributed by atoms with van der Waals surface area (Å²) in [5.74, 6) is 0. The molecule has 1 aromatic rings. The van der Waals surface area contributed by atoms with Gasteiger partial charge in [0, 0.05) is 18.1 Å². The van der Waals surface area contributed by atoms with Crippen molar-refractivity contribution in [1.29, 1.82) is 0 Å². The second-order valence-electron chi connectivity index (χ2n) is 1.62. The molecule has 3 nitrogen and oxygen atoms in total. The molecular weight excluding hydrogens is 136 g/mol. The number of aliphatic hydroxyl groups is 1. The largest absolute Gasteiger partial charge is 0.385 e. The van der Waals surface area contributed by atoms with Gasteiger partial charge in [0.25, 0.3) is 0 Å². The summed E-state index contributed by atoms with van der Waals surface area (Å²) in [6.45, 7) is 0.244. The fourth-order valence-electron chi connectivity index (χ4n) is 0.500. The zero-order chi connectivity index (χ0) is 6.69. The molecule has 1 atom stereocenters. The molecular formula is C5H8N2OS. The lowest BCUT2D eigenvalue weighted by Gasteiger charge is -1.99. The molecule has 4 heteroatoms. The molecule has 0 fully saturated rings. The third-order valence-electron chi connectivity index (χ3n) is 0.960. The predicted octanol–water partition coefficient (Wildman–Crippen LogP) is 0.135. The number of nitrogens with zero attached hydrogens (tertiary/aromatic N) is 1. The average molecular weight is 144 g/mol. The van der Waals surface area contributed by atoms with E-state index in [9.17, 15) is 0 Å². The molecule has 0 aliphatic rings. The van der Waals surface area contributed by atoms with E-state index >= 15 is 0 Å². The standard InChI is InChI=1S/C5H8N2OS/c6-3-4(8)5-7-1-2-9-5/h1-2,4,8H,3,6H2. The van der Waals surface area contributed by atoms with E-state index < -0.39 is 6.10 Å². The molecule has 1 heterocycles. The zero-order valence-electron chi connectivity index (χ0n) is 4.82. The van der Waals surface area contributed by atoms with Gasteiger partial charge in [-0.15, -0.1) is 11.3 Å². The summed E-state index contributed by atoms with van der Waals surface area (Å²) in [6.07, 6.45) is 1.07. The summed E-state index contributed by atoms with van der Waals surface area (Å²) in [4.78, 5) is 3.88. The lowest BCUT2D eigenvalue weighted by molar-refractivity contribution is 0.186. The molecule has 50 valence electrons. The number of thiazole rings is 1. The van der Waals surface area contributed by atoms with Crippen molar-refractivity contribution >= 4 is 11.3 Å². The van der Waals surface area contributed by atoms with E-state index in [1.807, 2.05) is 5.38 Å². The fraction of sp³-hybridized carbons (Fsp3) is 0.400. The van der Waals surface area contributed by atoms with Crippen molar-refractivity contribution in [1.82, 2.24) is 4.98 Å². The minimum absolute atomic E-state index is 0.244. The van der Waals surface area contributed by atoms with E-state index in [1.54, 1.807) is 6.20 Å². The first-order valence-corrected chi connectivity index (χ1v) is 3.50. The molecule has 0 amide bonds. The van der Waals surface area contributed by atoms with Crippen LogP contribution in [0.5, 0.6) is 0 Å². The van der Waals surface area contributed by atoms with Crippen LogP contribution in [0, 0.1) is 0 Å². The van der Waals surface area contributed by atoms with Gasteiger partial charge >= 0.3 is 0 Å². The summed E-state index contributed by atoms with van der Waals surface area (Å²) in [5, 5.41) is 11.5. The monoisotopic (exact) mass is 144 g/mol. The summed E-state index contributed by atoms with van der Waals surface area (Å²) in [7, 11) is 0. The fourth-order valence-corrected chi connectivity index (χ4v) is 1.14. The van der Waals surface area contributed by atoms with Crippen molar-refractivity contribution in [2.24, 2.45) is 5.73 Å². The molecule has 1 unspecified atom stereocenters. The van der Waals surface area contributed by atoms with Crippen LogP contribution in [-0.2, 0) is 0 Å². The van der Waals surface area contributed by atoms with Crippen molar-refractivity contribution in [3.05, 3.63) is 16.6 Å². The highest BCUT2D eigenvalue weighted by Crippen LogP contribution is 2.12. The Morgan fingerprint density at radius 2 is 2.67 bits per heavy atom. The number of hydrogen-bond donors (Lipinski definition) is 2. The van der Waals surface area contributed by atoms with Gasteiger partial charge in [-0.05, 0) is 0 Å². The third-order valence-corrected chi connectivity index (χ3v) is 1.84. The van der Waals surface area contributed by atoms with Gasteiger partial charge in [-0.3, -0.25) is 0 Å². The molecule has 1 aromatic heterocycles. The van der Waals surface area contributed by atoms with Gasteiger partial charge in [0.2, 0.25) is 0 Å². The van der Waals surface area contributed by atoms with Gasteiger partial charge in [0.1, 0.15) is 11.1 Å². The molecule has 0 saturated carbocycles. The van der Waals surface area contributed by atoms with Crippen molar-refractivity contribution in [3.8, 4) is 0 Å². The van der Waals surface area contributed by atoms with Gasteiger partial charge in [0.05, 0.1) is 0 Å². The van der Waals surface area contributed by atoms with Crippen LogP contribution >= 0.6 is 11.3 Å². The van der Waals surface area contributed by atoms with E-state index in [0.717, 1.165) is 0 Å². The Morgan fingerprint density at radius 1 is 1.89 bits per heavy atom. The van der Waals surface area contributed by atoms with Gasteiger partial charge in [-0.1, -0.05) is 0 Å². The molecule has 0 radical (unpaired) electrons.